The molecule has 1 atom stereocenters. The number of carbonyl (C=O) groups is 1. The van der Waals surface area contributed by atoms with E-state index in [9.17, 15) is 4.79 Å². The van der Waals surface area contributed by atoms with Gasteiger partial charge in [-0.15, -0.1) is 0 Å². The molecule has 1 N–H and O–H groups in total. The zero-order valence-electron chi connectivity index (χ0n) is 14.6. The first-order chi connectivity index (χ1) is 12.2. The first kappa shape index (κ1) is 17.1. The summed E-state index contributed by atoms with van der Waals surface area (Å²) in [6.45, 7) is 2.71. The lowest BCUT2D eigenvalue weighted by Crippen LogP contribution is -2.37. The van der Waals surface area contributed by atoms with Crippen molar-refractivity contribution in [3.63, 3.8) is 0 Å². The van der Waals surface area contributed by atoms with Crippen molar-refractivity contribution in [3.8, 4) is 17.2 Å². The smallest absolute Gasteiger partial charge is 0.258 e. The molecule has 3 rings (SSSR count). The van der Waals surface area contributed by atoms with Crippen LogP contribution in [0.1, 0.15) is 18.1 Å². The lowest BCUT2D eigenvalue weighted by atomic mass is 10.0. The van der Waals surface area contributed by atoms with Crippen LogP contribution in [-0.4, -0.2) is 32.3 Å². The SMILES string of the molecule is COc1ccccc1OCC(=O)NC(C)Cc1ccc2c(c1)CCO2. The molecule has 0 bridgehead atoms. The van der Waals surface area contributed by atoms with Gasteiger partial charge >= 0.3 is 0 Å². The minimum absolute atomic E-state index is 0.0224. The maximum atomic E-state index is 12.1. The fourth-order valence-corrected chi connectivity index (χ4v) is 2.97. The molecule has 0 radical (unpaired) electrons. The van der Waals surface area contributed by atoms with Crippen LogP contribution in [0, 0.1) is 0 Å². The van der Waals surface area contributed by atoms with E-state index >= 15 is 0 Å². The molecule has 1 aliphatic rings. The third-order valence-corrected chi connectivity index (χ3v) is 4.13. The molecule has 0 aliphatic carbocycles. The van der Waals surface area contributed by atoms with Crippen molar-refractivity contribution in [2.45, 2.75) is 25.8 Å². The van der Waals surface area contributed by atoms with E-state index in [-0.39, 0.29) is 18.6 Å². The van der Waals surface area contributed by atoms with Crippen LogP contribution in [0.3, 0.4) is 0 Å². The third-order valence-electron chi connectivity index (χ3n) is 4.13. The highest BCUT2D eigenvalue weighted by Crippen LogP contribution is 2.27. The van der Waals surface area contributed by atoms with E-state index in [0.29, 0.717) is 11.5 Å². The molecule has 132 valence electrons. The largest absolute Gasteiger partial charge is 0.493 e. The molecule has 1 heterocycles. The summed E-state index contributed by atoms with van der Waals surface area (Å²) >= 11 is 0. The van der Waals surface area contributed by atoms with E-state index in [1.807, 2.05) is 25.1 Å². The Morgan fingerprint density at radius 3 is 2.84 bits per heavy atom. The fourth-order valence-electron chi connectivity index (χ4n) is 2.97. The van der Waals surface area contributed by atoms with Gasteiger partial charge in [0.25, 0.3) is 5.91 Å². The number of nitrogens with one attached hydrogen (secondary N) is 1. The van der Waals surface area contributed by atoms with Crippen LogP contribution < -0.4 is 19.5 Å². The molecule has 1 amide bonds. The van der Waals surface area contributed by atoms with Crippen molar-refractivity contribution in [2.24, 2.45) is 0 Å². The molecule has 5 nitrogen and oxygen atoms in total. The summed E-state index contributed by atoms with van der Waals surface area (Å²) in [6.07, 6.45) is 1.73. The van der Waals surface area contributed by atoms with Crippen LogP contribution in [-0.2, 0) is 17.6 Å². The van der Waals surface area contributed by atoms with Gasteiger partial charge in [0.2, 0.25) is 0 Å². The van der Waals surface area contributed by atoms with Gasteiger partial charge in [-0.3, -0.25) is 4.79 Å². The Labute approximate surface area is 147 Å². The number of carbonyl (C=O) groups excluding carboxylic acids is 1. The molecule has 1 unspecified atom stereocenters. The number of amides is 1. The number of ether oxygens (including phenoxy) is 3. The average Bonchev–Trinajstić information content (AvgIpc) is 3.07. The molecule has 2 aromatic rings. The Bertz CT molecular complexity index is 744. The van der Waals surface area contributed by atoms with Gasteiger partial charge in [-0.25, -0.2) is 0 Å². The average molecular weight is 341 g/mol. The molecule has 2 aromatic carbocycles. The van der Waals surface area contributed by atoms with Crippen LogP contribution in [0.25, 0.3) is 0 Å². The second kappa shape index (κ2) is 7.92. The summed E-state index contributed by atoms with van der Waals surface area (Å²) in [4.78, 5) is 12.1. The molecular weight excluding hydrogens is 318 g/mol. The van der Waals surface area contributed by atoms with E-state index in [1.165, 1.54) is 11.1 Å². The number of benzene rings is 2. The van der Waals surface area contributed by atoms with Crippen molar-refractivity contribution >= 4 is 5.91 Å². The van der Waals surface area contributed by atoms with Crippen LogP contribution in [0.5, 0.6) is 17.2 Å². The highest BCUT2D eigenvalue weighted by atomic mass is 16.5. The first-order valence-corrected chi connectivity index (χ1v) is 8.45. The van der Waals surface area contributed by atoms with Crippen LogP contribution in [0.15, 0.2) is 42.5 Å². The van der Waals surface area contributed by atoms with Crippen molar-refractivity contribution in [3.05, 3.63) is 53.6 Å². The summed E-state index contributed by atoms with van der Waals surface area (Å²) in [5, 5.41) is 2.97. The van der Waals surface area contributed by atoms with Crippen LogP contribution in [0.2, 0.25) is 0 Å². The minimum Gasteiger partial charge on any atom is -0.493 e. The van der Waals surface area contributed by atoms with Gasteiger partial charge in [-0.05, 0) is 42.7 Å². The van der Waals surface area contributed by atoms with E-state index in [0.717, 1.165) is 25.2 Å². The van der Waals surface area contributed by atoms with Crippen molar-refractivity contribution in [1.82, 2.24) is 5.32 Å². The van der Waals surface area contributed by atoms with Gasteiger partial charge in [0.05, 0.1) is 13.7 Å². The highest BCUT2D eigenvalue weighted by Gasteiger charge is 2.14. The van der Waals surface area contributed by atoms with Gasteiger partial charge in [0.1, 0.15) is 5.75 Å². The van der Waals surface area contributed by atoms with Crippen molar-refractivity contribution in [2.75, 3.05) is 20.3 Å². The highest BCUT2D eigenvalue weighted by molar-refractivity contribution is 5.77. The van der Waals surface area contributed by atoms with Crippen LogP contribution >= 0.6 is 0 Å². The molecule has 1 aliphatic heterocycles. The molecule has 5 heteroatoms. The lowest BCUT2D eigenvalue weighted by molar-refractivity contribution is -0.123. The summed E-state index contributed by atoms with van der Waals surface area (Å²) in [5.41, 5.74) is 2.44. The topological polar surface area (TPSA) is 56.8 Å². The Kier molecular flexibility index (Phi) is 5.43. The quantitative estimate of drug-likeness (QED) is 0.841. The molecule has 0 aromatic heterocycles. The Morgan fingerprint density at radius 2 is 2.04 bits per heavy atom. The van der Waals surface area contributed by atoms with E-state index in [1.54, 1.807) is 19.2 Å². The number of hydrogen-bond acceptors (Lipinski definition) is 4. The molecule has 0 fully saturated rings. The number of rotatable bonds is 7. The number of methoxy groups -OCH3 is 1. The molecule has 25 heavy (non-hydrogen) atoms. The summed E-state index contributed by atoms with van der Waals surface area (Å²) in [6, 6.07) is 13.5. The maximum Gasteiger partial charge on any atom is 0.258 e. The molecular formula is C20H23NO4. The number of fused-ring (bicyclic) bond motifs is 1. The van der Waals surface area contributed by atoms with Gasteiger partial charge < -0.3 is 19.5 Å². The first-order valence-electron chi connectivity index (χ1n) is 8.45. The van der Waals surface area contributed by atoms with E-state index in [4.69, 9.17) is 14.2 Å². The van der Waals surface area contributed by atoms with E-state index in [2.05, 4.69) is 17.4 Å². The zero-order valence-corrected chi connectivity index (χ0v) is 14.6. The maximum absolute atomic E-state index is 12.1. The van der Waals surface area contributed by atoms with Crippen LogP contribution in [0.4, 0.5) is 0 Å². The van der Waals surface area contributed by atoms with Crippen molar-refractivity contribution < 1.29 is 19.0 Å². The Morgan fingerprint density at radius 1 is 1.24 bits per heavy atom. The zero-order chi connectivity index (χ0) is 17.6. The summed E-state index contributed by atoms with van der Waals surface area (Å²) in [5.74, 6) is 2.00. The van der Waals surface area contributed by atoms with Gasteiger partial charge in [-0.1, -0.05) is 24.3 Å². The summed E-state index contributed by atoms with van der Waals surface area (Å²) in [7, 11) is 1.58. The van der Waals surface area contributed by atoms with Gasteiger partial charge in [-0.2, -0.15) is 0 Å². The van der Waals surface area contributed by atoms with Gasteiger partial charge in [0, 0.05) is 12.5 Å². The standard InChI is InChI=1S/C20H23NO4/c1-14(11-15-7-8-17-16(12-15)9-10-24-17)21-20(22)13-25-19-6-4-3-5-18(19)23-2/h3-8,12,14H,9-11,13H2,1-2H3,(H,21,22). The normalized spacial score (nSPS) is 13.5. The summed E-state index contributed by atoms with van der Waals surface area (Å²) < 4.78 is 16.3. The monoisotopic (exact) mass is 341 g/mol. The molecule has 0 spiro atoms. The Hall–Kier alpha value is -2.69. The third kappa shape index (κ3) is 4.44. The predicted molar refractivity (Wildman–Crippen MR) is 95.4 cm³/mol. The second-order valence-electron chi connectivity index (χ2n) is 6.15. The Balaban J connectivity index is 1.49. The van der Waals surface area contributed by atoms with Gasteiger partial charge in [0.15, 0.2) is 18.1 Å². The lowest BCUT2D eigenvalue weighted by Gasteiger charge is -2.15. The second-order valence-corrected chi connectivity index (χ2v) is 6.15. The number of para-hydroxylation sites is 2. The number of hydrogen-bond donors (Lipinski definition) is 1. The molecule has 0 saturated heterocycles. The van der Waals surface area contributed by atoms with Crippen molar-refractivity contribution in [1.29, 1.82) is 0 Å². The fraction of sp³-hybridized carbons (Fsp3) is 0.350. The predicted octanol–water partition coefficient (Wildman–Crippen LogP) is 2.76. The van der Waals surface area contributed by atoms with E-state index < -0.39 is 0 Å². The molecule has 0 saturated carbocycles. The minimum atomic E-state index is -0.150.